The van der Waals surface area contributed by atoms with Gasteiger partial charge < -0.3 is 10.1 Å². The number of nitrogens with one attached hydrogen (secondary N) is 1. The van der Waals surface area contributed by atoms with Crippen molar-refractivity contribution in [2.75, 3.05) is 19.0 Å². The number of hydrogen-bond donors (Lipinski definition) is 1. The van der Waals surface area contributed by atoms with Crippen LogP contribution in [0, 0.1) is 6.92 Å². The number of nitrogens with zero attached hydrogens (tertiary/aromatic N) is 1. The molecule has 3 nitrogen and oxygen atoms in total. The van der Waals surface area contributed by atoms with Crippen LogP contribution in [0.4, 0.5) is 5.69 Å². The van der Waals surface area contributed by atoms with E-state index in [1.54, 1.807) is 7.11 Å². The Hall–Kier alpha value is -1.09. The molecule has 0 amide bonds. The fourth-order valence-electron chi connectivity index (χ4n) is 1.13. The summed E-state index contributed by atoms with van der Waals surface area (Å²) in [4.78, 5) is 4.19. The molecule has 1 heterocycles. The molecule has 0 aromatic carbocycles. The topological polar surface area (TPSA) is 34.1 Å². The van der Waals surface area contributed by atoms with Gasteiger partial charge in [0.25, 0.3) is 0 Å². The van der Waals surface area contributed by atoms with Crippen molar-refractivity contribution in [3.63, 3.8) is 0 Å². The molecule has 1 aromatic heterocycles. The SMILES string of the molecule is COC[C@H](C)Nc1ccc(C)nc1. The van der Waals surface area contributed by atoms with Crippen LogP contribution in [0.1, 0.15) is 12.6 Å². The van der Waals surface area contributed by atoms with Gasteiger partial charge in [0.2, 0.25) is 0 Å². The molecule has 1 aromatic rings. The molecule has 0 aliphatic carbocycles. The van der Waals surface area contributed by atoms with Gasteiger partial charge in [-0.2, -0.15) is 0 Å². The number of ether oxygens (including phenoxy) is 1. The lowest BCUT2D eigenvalue weighted by Crippen LogP contribution is -2.20. The number of hydrogen-bond acceptors (Lipinski definition) is 3. The van der Waals surface area contributed by atoms with E-state index < -0.39 is 0 Å². The van der Waals surface area contributed by atoms with Crippen molar-refractivity contribution in [1.29, 1.82) is 0 Å². The van der Waals surface area contributed by atoms with Crippen LogP contribution in [-0.2, 0) is 4.74 Å². The number of aromatic nitrogens is 1. The van der Waals surface area contributed by atoms with Gasteiger partial charge in [0, 0.05) is 18.8 Å². The van der Waals surface area contributed by atoms with E-state index in [0.29, 0.717) is 12.6 Å². The van der Waals surface area contributed by atoms with Crippen LogP contribution in [-0.4, -0.2) is 24.7 Å². The second kappa shape index (κ2) is 4.82. The van der Waals surface area contributed by atoms with Crippen LogP contribution >= 0.6 is 0 Å². The fourth-order valence-corrected chi connectivity index (χ4v) is 1.13. The van der Waals surface area contributed by atoms with Crippen LogP contribution in [0.3, 0.4) is 0 Å². The van der Waals surface area contributed by atoms with Crippen molar-refractivity contribution in [3.05, 3.63) is 24.0 Å². The summed E-state index contributed by atoms with van der Waals surface area (Å²) in [6.07, 6.45) is 1.83. The van der Waals surface area contributed by atoms with Crippen LogP contribution in [0.5, 0.6) is 0 Å². The smallest absolute Gasteiger partial charge is 0.0661 e. The molecule has 3 heteroatoms. The molecule has 13 heavy (non-hydrogen) atoms. The normalized spacial score (nSPS) is 12.5. The minimum Gasteiger partial charge on any atom is -0.383 e. The summed E-state index contributed by atoms with van der Waals surface area (Å²) in [6.45, 7) is 4.75. The van der Waals surface area contributed by atoms with Crippen molar-refractivity contribution in [2.24, 2.45) is 0 Å². The predicted octanol–water partition coefficient (Wildman–Crippen LogP) is 1.84. The Morgan fingerprint density at radius 3 is 2.85 bits per heavy atom. The third-order valence-electron chi connectivity index (χ3n) is 1.74. The van der Waals surface area contributed by atoms with E-state index in [-0.39, 0.29) is 0 Å². The molecule has 0 spiro atoms. The summed E-state index contributed by atoms with van der Waals surface area (Å²) < 4.78 is 5.02. The number of rotatable bonds is 4. The Morgan fingerprint density at radius 2 is 2.31 bits per heavy atom. The summed E-state index contributed by atoms with van der Waals surface area (Å²) in [5.41, 5.74) is 2.07. The highest BCUT2D eigenvalue weighted by molar-refractivity contribution is 5.41. The van der Waals surface area contributed by atoms with Crippen molar-refractivity contribution in [3.8, 4) is 0 Å². The first-order chi connectivity index (χ1) is 6.22. The van der Waals surface area contributed by atoms with Gasteiger partial charge in [-0.1, -0.05) is 0 Å². The first-order valence-electron chi connectivity index (χ1n) is 4.40. The maximum Gasteiger partial charge on any atom is 0.0661 e. The Balaban J connectivity index is 2.49. The number of pyridine rings is 1. The Kier molecular flexibility index (Phi) is 3.71. The Morgan fingerprint density at radius 1 is 1.54 bits per heavy atom. The lowest BCUT2D eigenvalue weighted by Gasteiger charge is -2.13. The lowest BCUT2D eigenvalue weighted by molar-refractivity contribution is 0.190. The van der Waals surface area contributed by atoms with Gasteiger partial charge in [-0.15, -0.1) is 0 Å². The highest BCUT2D eigenvalue weighted by Gasteiger charge is 2.00. The first-order valence-corrected chi connectivity index (χ1v) is 4.40. The van der Waals surface area contributed by atoms with Gasteiger partial charge in [0.15, 0.2) is 0 Å². The molecule has 0 bridgehead atoms. The third-order valence-corrected chi connectivity index (χ3v) is 1.74. The van der Waals surface area contributed by atoms with Gasteiger partial charge >= 0.3 is 0 Å². The monoisotopic (exact) mass is 180 g/mol. The van der Waals surface area contributed by atoms with Crippen LogP contribution in [0.15, 0.2) is 18.3 Å². The summed E-state index contributed by atoms with van der Waals surface area (Å²) in [7, 11) is 1.70. The van der Waals surface area contributed by atoms with E-state index >= 15 is 0 Å². The van der Waals surface area contributed by atoms with Gasteiger partial charge in [-0.3, -0.25) is 4.98 Å². The molecule has 72 valence electrons. The van der Waals surface area contributed by atoms with E-state index in [0.717, 1.165) is 11.4 Å². The summed E-state index contributed by atoms with van der Waals surface area (Å²) >= 11 is 0. The molecular weight excluding hydrogens is 164 g/mol. The van der Waals surface area contributed by atoms with Crippen LogP contribution in [0.25, 0.3) is 0 Å². The Labute approximate surface area is 79.1 Å². The van der Waals surface area contributed by atoms with E-state index in [1.807, 2.05) is 25.3 Å². The Bertz CT molecular complexity index is 246. The highest BCUT2D eigenvalue weighted by Crippen LogP contribution is 2.06. The minimum absolute atomic E-state index is 0.314. The first kappa shape index (κ1) is 9.99. The number of aryl methyl sites for hydroxylation is 1. The molecule has 1 N–H and O–H groups in total. The lowest BCUT2D eigenvalue weighted by atomic mass is 10.3. The van der Waals surface area contributed by atoms with Crippen LogP contribution < -0.4 is 5.32 Å². The van der Waals surface area contributed by atoms with E-state index in [2.05, 4.69) is 17.2 Å². The second-order valence-electron chi connectivity index (χ2n) is 3.19. The van der Waals surface area contributed by atoms with Crippen molar-refractivity contribution in [2.45, 2.75) is 19.9 Å². The van der Waals surface area contributed by atoms with E-state index in [1.165, 1.54) is 0 Å². The molecule has 0 fully saturated rings. The summed E-state index contributed by atoms with van der Waals surface area (Å²) in [5, 5.41) is 3.28. The maximum absolute atomic E-state index is 5.02. The summed E-state index contributed by atoms with van der Waals surface area (Å²) in [6, 6.07) is 4.32. The largest absolute Gasteiger partial charge is 0.383 e. The molecule has 0 saturated heterocycles. The van der Waals surface area contributed by atoms with Gasteiger partial charge in [-0.25, -0.2) is 0 Å². The van der Waals surface area contributed by atoms with Crippen LogP contribution in [0.2, 0.25) is 0 Å². The quantitative estimate of drug-likeness (QED) is 0.767. The average molecular weight is 180 g/mol. The molecule has 0 aliphatic heterocycles. The minimum atomic E-state index is 0.314. The molecule has 0 aliphatic rings. The zero-order valence-corrected chi connectivity index (χ0v) is 8.37. The van der Waals surface area contributed by atoms with Gasteiger partial charge in [0.1, 0.15) is 0 Å². The zero-order valence-electron chi connectivity index (χ0n) is 8.37. The molecule has 0 saturated carbocycles. The predicted molar refractivity (Wildman–Crippen MR) is 53.9 cm³/mol. The molecular formula is C10H16N2O. The standard InChI is InChI=1S/C10H16N2O/c1-8-4-5-10(6-11-8)12-9(2)7-13-3/h4-6,9,12H,7H2,1-3H3/t9-/m0/s1. The molecule has 0 radical (unpaired) electrons. The summed E-state index contributed by atoms with van der Waals surface area (Å²) in [5.74, 6) is 0. The number of anilines is 1. The van der Waals surface area contributed by atoms with Crippen molar-refractivity contribution in [1.82, 2.24) is 4.98 Å². The molecule has 1 atom stereocenters. The third kappa shape index (κ3) is 3.42. The highest BCUT2D eigenvalue weighted by atomic mass is 16.5. The number of methoxy groups -OCH3 is 1. The molecule has 0 unspecified atom stereocenters. The van der Waals surface area contributed by atoms with Gasteiger partial charge in [-0.05, 0) is 26.0 Å². The maximum atomic E-state index is 5.02. The fraction of sp³-hybridized carbons (Fsp3) is 0.500. The molecule has 1 rings (SSSR count). The zero-order chi connectivity index (χ0) is 9.68. The average Bonchev–Trinajstić information content (AvgIpc) is 2.09. The van der Waals surface area contributed by atoms with Crippen molar-refractivity contribution < 1.29 is 4.74 Å². The van der Waals surface area contributed by atoms with Gasteiger partial charge in [0.05, 0.1) is 18.5 Å². The van der Waals surface area contributed by atoms with Crippen molar-refractivity contribution >= 4 is 5.69 Å². The van der Waals surface area contributed by atoms with E-state index in [4.69, 9.17) is 4.74 Å². The second-order valence-corrected chi connectivity index (χ2v) is 3.19. The van der Waals surface area contributed by atoms with E-state index in [9.17, 15) is 0 Å².